The number of rotatable bonds is 3. The molecule has 0 aliphatic heterocycles. The van der Waals surface area contributed by atoms with Crippen LogP contribution in [0.1, 0.15) is 10.6 Å². The van der Waals surface area contributed by atoms with Gasteiger partial charge in [0.15, 0.2) is 0 Å². The molecule has 128 valence electrons. The van der Waals surface area contributed by atoms with E-state index < -0.39 is 5.97 Å². The minimum absolute atomic E-state index is 0.0839. The number of hydrogen-bond acceptors (Lipinski definition) is 5. The minimum Gasteiger partial charge on any atom is -0.463 e. The number of benzene rings is 2. The normalized spacial score (nSPS) is 10.8. The molecule has 4 rings (SSSR count). The number of esters is 1. The molecular weight excluding hydrogens is 356 g/mol. The zero-order valence-corrected chi connectivity index (χ0v) is 14.0. The molecule has 5 nitrogen and oxygen atoms in total. The quantitative estimate of drug-likeness (QED) is 0.380. The van der Waals surface area contributed by atoms with Gasteiger partial charge in [-0.05, 0) is 30.3 Å². The summed E-state index contributed by atoms with van der Waals surface area (Å²) < 4.78 is 15.8. The van der Waals surface area contributed by atoms with Gasteiger partial charge in [0.25, 0.3) is 0 Å². The fourth-order valence-electron chi connectivity index (χ4n) is 2.59. The Balaban J connectivity index is 1.73. The summed E-state index contributed by atoms with van der Waals surface area (Å²) in [6, 6.07) is 14.7. The second-order valence-corrected chi connectivity index (χ2v) is 5.89. The van der Waals surface area contributed by atoms with E-state index in [2.05, 4.69) is 0 Å². The standard InChI is InChI=1S/C20H11ClO5/c21-16-5-2-1-4-13(16)15-11-25-18-10-12(7-8-14(18)19(15)22)26-20(23)17-6-3-9-24-17/h1-11H. The molecule has 26 heavy (non-hydrogen) atoms. The number of hydrogen-bond donors (Lipinski definition) is 0. The Morgan fingerprint density at radius 1 is 0.962 bits per heavy atom. The van der Waals surface area contributed by atoms with Crippen LogP contribution < -0.4 is 10.2 Å². The Morgan fingerprint density at radius 2 is 1.81 bits per heavy atom. The van der Waals surface area contributed by atoms with Crippen LogP contribution in [0, 0.1) is 0 Å². The van der Waals surface area contributed by atoms with Crippen LogP contribution >= 0.6 is 11.6 Å². The second kappa shape index (κ2) is 6.54. The third kappa shape index (κ3) is 2.89. The van der Waals surface area contributed by atoms with Gasteiger partial charge in [0.2, 0.25) is 11.2 Å². The van der Waals surface area contributed by atoms with Gasteiger partial charge in [-0.2, -0.15) is 0 Å². The molecule has 0 spiro atoms. The van der Waals surface area contributed by atoms with Gasteiger partial charge in [-0.25, -0.2) is 4.79 Å². The number of halogens is 1. The lowest BCUT2D eigenvalue weighted by Gasteiger charge is -2.06. The van der Waals surface area contributed by atoms with E-state index in [1.165, 1.54) is 30.7 Å². The van der Waals surface area contributed by atoms with E-state index in [1.807, 2.05) is 0 Å². The average Bonchev–Trinajstić information content (AvgIpc) is 3.18. The Hall–Kier alpha value is -3.31. The smallest absolute Gasteiger partial charge is 0.379 e. The van der Waals surface area contributed by atoms with Gasteiger partial charge in [0.05, 0.1) is 17.2 Å². The van der Waals surface area contributed by atoms with E-state index in [9.17, 15) is 9.59 Å². The molecule has 0 fully saturated rings. The predicted molar refractivity (Wildman–Crippen MR) is 96.6 cm³/mol. The van der Waals surface area contributed by atoms with Crippen LogP contribution in [0.25, 0.3) is 22.1 Å². The van der Waals surface area contributed by atoms with Crippen LogP contribution in [0.5, 0.6) is 5.75 Å². The van der Waals surface area contributed by atoms with Crippen molar-refractivity contribution in [3.05, 3.63) is 88.1 Å². The second-order valence-electron chi connectivity index (χ2n) is 5.48. The van der Waals surface area contributed by atoms with Crippen molar-refractivity contribution in [3.8, 4) is 16.9 Å². The molecule has 0 radical (unpaired) electrons. The van der Waals surface area contributed by atoms with Crippen LogP contribution in [0.3, 0.4) is 0 Å². The van der Waals surface area contributed by atoms with E-state index >= 15 is 0 Å². The number of carbonyl (C=O) groups excluding carboxylic acids is 1. The maximum Gasteiger partial charge on any atom is 0.379 e. The van der Waals surface area contributed by atoms with Crippen molar-refractivity contribution in [3.63, 3.8) is 0 Å². The number of ether oxygens (including phenoxy) is 1. The van der Waals surface area contributed by atoms with Crippen molar-refractivity contribution in [2.75, 3.05) is 0 Å². The van der Waals surface area contributed by atoms with Gasteiger partial charge in [0.1, 0.15) is 17.6 Å². The monoisotopic (exact) mass is 366 g/mol. The molecule has 0 bridgehead atoms. The number of carbonyl (C=O) groups is 1. The first-order chi connectivity index (χ1) is 12.6. The lowest BCUT2D eigenvalue weighted by molar-refractivity contribution is 0.0701. The lowest BCUT2D eigenvalue weighted by Crippen LogP contribution is -2.08. The zero-order chi connectivity index (χ0) is 18.1. The highest BCUT2D eigenvalue weighted by molar-refractivity contribution is 6.33. The van der Waals surface area contributed by atoms with Gasteiger partial charge in [0, 0.05) is 16.7 Å². The van der Waals surface area contributed by atoms with Gasteiger partial charge < -0.3 is 13.6 Å². The summed E-state index contributed by atoms with van der Waals surface area (Å²) in [6.45, 7) is 0. The molecule has 0 atom stereocenters. The van der Waals surface area contributed by atoms with Crippen LogP contribution in [0.15, 0.2) is 80.8 Å². The van der Waals surface area contributed by atoms with Crippen LogP contribution in [-0.2, 0) is 0 Å². The lowest BCUT2D eigenvalue weighted by atomic mass is 10.1. The van der Waals surface area contributed by atoms with Gasteiger partial charge in [-0.15, -0.1) is 0 Å². The third-order valence-corrected chi connectivity index (χ3v) is 4.17. The van der Waals surface area contributed by atoms with E-state index in [4.69, 9.17) is 25.2 Å². The first kappa shape index (κ1) is 16.2. The van der Waals surface area contributed by atoms with Gasteiger partial charge in [-0.1, -0.05) is 29.8 Å². The SMILES string of the molecule is O=C(Oc1ccc2c(=O)c(-c3ccccc3Cl)coc2c1)c1ccco1. The largest absolute Gasteiger partial charge is 0.463 e. The highest BCUT2D eigenvalue weighted by Gasteiger charge is 2.15. The summed E-state index contributed by atoms with van der Waals surface area (Å²) in [7, 11) is 0. The molecule has 6 heteroatoms. The van der Waals surface area contributed by atoms with E-state index in [0.29, 0.717) is 27.1 Å². The van der Waals surface area contributed by atoms with E-state index in [0.717, 1.165) is 0 Å². The van der Waals surface area contributed by atoms with Crippen LogP contribution in [-0.4, -0.2) is 5.97 Å². The molecule has 0 saturated heterocycles. The molecule has 2 aromatic carbocycles. The van der Waals surface area contributed by atoms with Crippen molar-refractivity contribution >= 4 is 28.5 Å². The first-order valence-corrected chi connectivity index (χ1v) is 8.07. The molecule has 0 N–H and O–H groups in total. The van der Waals surface area contributed by atoms with Crippen molar-refractivity contribution < 1.29 is 18.4 Å². The highest BCUT2D eigenvalue weighted by Crippen LogP contribution is 2.28. The van der Waals surface area contributed by atoms with Crippen LogP contribution in [0.2, 0.25) is 5.02 Å². The molecule has 0 saturated carbocycles. The van der Waals surface area contributed by atoms with Gasteiger partial charge >= 0.3 is 5.97 Å². The highest BCUT2D eigenvalue weighted by atomic mass is 35.5. The summed E-state index contributed by atoms with van der Waals surface area (Å²) in [5, 5.41) is 0.823. The fraction of sp³-hybridized carbons (Fsp3) is 0. The fourth-order valence-corrected chi connectivity index (χ4v) is 2.83. The Kier molecular flexibility index (Phi) is 4.07. The Bertz CT molecular complexity index is 1160. The summed E-state index contributed by atoms with van der Waals surface area (Å²) in [4.78, 5) is 24.7. The molecule has 4 aromatic rings. The van der Waals surface area contributed by atoms with Crippen LogP contribution in [0.4, 0.5) is 0 Å². The molecule has 0 aliphatic rings. The molecule has 0 aliphatic carbocycles. The van der Waals surface area contributed by atoms with Crippen molar-refractivity contribution in [2.45, 2.75) is 0 Å². The average molecular weight is 367 g/mol. The van der Waals surface area contributed by atoms with Crippen molar-refractivity contribution in [2.24, 2.45) is 0 Å². The molecule has 0 unspecified atom stereocenters. The first-order valence-electron chi connectivity index (χ1n) is 7.69. The van der Waals surface area contributed by atoms with E-state index in [1.54, 1.807) is 36.4 Å². The summed E-state index contributed by atoms with van der Waals surface area (Å²) in [6.07, 6.45) is 2.73. The summed E-state index contributed by atoms with van der Waals surface area (Å²) >= 11 is 6.17. The third-order valence-electron chi connectivity index (χ3n) is 3.84. The van der Waals surface area contributed by atoms with Crippen molar-refractivity contribution in [1.82, 2.24) is 0 Å². The molecule has 2 heterocycles. The minimum atomic E-state index is -0.635. The van der Waals surface area contributed by atoms with E-state index in [-0.39, 0.29) is 16.9 Å². The maximum absolute atomic E-state index is 12.8. The zero-order valence-electron chi connectivity index (χ0n) is 13.3. The Labute approximate surface area is 152 Å². The maximum atomic E-state index is 12.8. The summed E-state index contributed by atoms with van der Waals surface area (Å²) in [5.41, 5.74) is 1.04. The Morgan fingerprint density at radius 3 is 2.58 bits per heavy atom. The molecule has 0 amide bonds. The van der Waals surface area contributed by atoms with Gasteiger partial charge in [-0.3, -0.25) is 4.79 Å². The molecular formula is C20H11ClO5. The summed E-state index contributed by atoms with van der Waals surface area (Å²) in [5.74, 6) is -0.308. The predicted octanol–water partition coefficient (Wildman–Crippen LogP) is 4.93. The number of fused-ring (bicyclic) bond motifs is 1. The number of furan rings is 1. The topological polar surface area (TPSA) is 69.7 Å². The van der Waals surface area contributed by atoms with Crippen molar-refractivity contribution in [1.29, 1.82) is 0 Å². The molecule has 2 aromatic heterocycles.